The van der Waals surface area contributed by atoms with Crippen molar-refractivity contribution in [2.24, 2.45) is 0 Å². The highest BCUT2D eigenvalue weighted by atomic mass is 19.4. The van der Waals surface area contributed by atoms with E-state index in [1.54, 1.807) is 24.3 Å². The van der Waals surface area contributed by atoms with Crippen molar-refractivity contribution in [2.45, 2.75) is 24.8 Å². The first-order valence-corrected chi connectivity index (χ1v) is 11.1. The van der Waals surface area contributed by atoms with Crippen LogP contribution in [0.3, 0.4) is 0 Å². The predicted octanol–water partition coefficient (Wildman–Crippen LogP) is 5.46. The van der Waals surface area contributed by atoms with Crippen LogP contribution in [0.5, 0.6) is 11.5 Å². The largest absolute Gasteiger partial charge is 0.491 e. The molecule has 8 heteroatoms. The molecule has 0 aliphatic carbocycles. The van der Waals surface area contributed by atoms with Crippen LogP contribution in [0.25, 0.3) is 0 Å². The summed E-state index contributed by atoms with van der Waals surface area (Å²) in [5, 5.41) is 19.2. The molecule has 0 aromatic heterocycles. The second-order valence-corrected chi connectivity index (χ2v) is 8.19. The molecule has 0 heterocycles. The smallest absolute Gasteiger partial charge is 0.416 e. The number of benzene rings is 3. The first-order chi connectivity index (χ1) is 16.7. The number of likely N-dealkylation sites (N-methyl/N-ethyl adjacent to an activating group) is 1. The van der Waals surface area contributed by atoms with Gasteiger partial charge in [-0.3, -0.25) is 0 Å². The fourth-order valence-corrected chi connectivity index (χ4v) is 3.51. The van der Waals surface area contributed by atoms with Gasteiger partial charge in [0.15, 0.2) is 0 Å². The predicted molar refractivity (Wildman–Crippen MR) is 126 cm³/mol. The molecule has 35 heavy (non-hydrogen) atoms. The fraction of sp³-hybridized carbons (Fsp3) is 0.296. The highest BCUT2D eigenvalue weighted by Gasteiger charge is 2.30. The summed E-state index contributed by atoms with van der Waals surface area (Å²) in [7, 11) is 1.87. The average molecular weight is 485 g/mol. The van der Waals surface area contributed by atoms with Crippen LogP contribution in [0, 0.1) is 11.3 Å². The van der Waals surface area contributed by atoms with Crippen molar-refractivity contribution in [3.8, 4) is 17.6 Å². The van der Waals surface area contributed by atoms with E-state index in [2.05, 4.69) is 0 Å². The fourth-order valence-electron chi connectivity index (χ4n) is 3.51. The van der Waals surface area contributed by atoms with Gasteiger partial charge in [-0.15, -0.1) is 0 Å². The molecule has 184 valence electrons. The monoisotopic (exact) mass is 484 g/mol. The zero-order valence-corrected chi connectivity index (χ0v) is 19.3. The van der Waals surface area contributed by atoms with E-state index in [1.165, 1.54) is 12.1 Å². The normalized spacial score (nSPS) is 13.2. The lowest BCUT2D eigenvalue weighted by atomic mass is 10.1. The minimum atomic E-state index is -4.40. The molecule has 1 N–H and O–H groups in total. The minimum Gasteiger partial charge on any atom is -0.491 e. The van der Waals surface area contributed by atoms with E-state index >= 15 is 0 Å². The Kier molecular flexibility index (Phi) is 9.12. The number of aliphatic hydroxyl groups is 1. The quantitative estimate of drug-likeness (QED) is 0.392. The minimum absolute atomic E-state index is 0.0976. The van der Waals surface area contributed by atoms with Gasteiger partial charge in [-0.2, -0.15) is 18.4 Å². The number of alkyl halides is 3. The number of hydrogen-bond acceptors (Lipinski definition) is 5. The number of hydrogen-bond donors (Lipinski definition) is 1. The molecular formula is C27H27F3N2O3. The highest BCUT2D eigenvalue weighted by molar-refractivity contribution is 5.34. The van der Waals surface area contributed by atoms with Crippen LogP contribution >= 0.6 is 0 Å². The molecule has 0 aliphatic heterocycles. The summed E-state index contributed by atoms with van der Waals surface area (Å²) in [6.07, 6.45) is -4.95. The second-order valence-electron chi connectivity index (χ2n) is 8.19. The molecule has 0 saturated heterocycles. The molecule has 0 fully saturated rings. The molecule has 2 atom stereocenters. The van der Waals surface area contributed by atoms with Gasteiger partial charge in [0.1, 0.15) is 30.3 Å². The van der Waals surface area contributed by atoms with E-state index in [9.17, 15) is 18.3 Å². The van der Waals surface area contributed by atoms with Gasteiger partial charge in [0.05, 0.1) is 17.2 Å². The van der Waals surface area contributed by atoms with Gasteiger partial charge < -0.3 is 19.5 Å². The van der Waals surface area contributed by atoms with Gasteiger partial charge in [0.25, 0.3) is 0 Å². The van der Waals surface area contributed by atoms with Crippen LogP contribution < -0.4 is 9.47 Å². The maximum atomic E-state index is 12.9. The van der Waals surface area contributed by atoms with Crippen LogP contribution in [0.4, 0.5) is 13.2 Å². The molecule has 3 rings (SSSR count). The summed E-state index contributed by atoms with van der Waals surface area (Å²) >= 11 is 0. The third-order valence-electron chi connectivity index (χ3n) is 5.35. The molecule has 3 aromatic carbocycles. The van der Waals surface area contributed by atoms with E-state index in [1.807, 2.05) is 48.3 Å². The van der Waals surface area contributed by atoms with Crippen LogP contribution in [0.15, 0.2) is 78.9 Å². The summed E-state index contributed by atoms with van der Waals surface area (Å²) in [4.78, 5) is 1.94. The third-order valence-corrected chi connectivity index (χ3v) is 5.35. The number of nitriles is 1. The third kappa shape index (κ3) is 8.32. The van der Waals surface area contributed by atoms with Crippen LogP contribution in [0.2, 0.25) is 0 Å². The van der Waals surface area contributed by atoms with Crippen molar-refractivity contribution in [3.05, 3.63) is 95.6 Å². The number of aliphatic hydroxyl groups excluding tert-OH is 1. The summed E-state index contributed by atoms with van der Waals surface area (Å²) in [6, 6.07) is 22.8. The Balaban J connectivity index is 1.54. The summed E-state index contributed by atoms with van der Waals surface area (Å²) in [5.74, 6) is 0.921. The molecule has 0 radical (unpaired) electrons. The Labute approximate surface area is 203 Å². The van der Waals surface area contributed by atoms with Crippen molar-refractivity contribution < 1.29 is 27.8 Å². The van der Waals surface area contributed by atoms with Crippen molar-refractivity contribution in [3.63, 3.8) is 0 Å². The SMILES string of the molecule is CN(CCC(Oc1ccc(C(F)(F)F)cc1)c1ccccc1)CC(O)COc1ccc(C#N)cc1. The maximum Gasteiger partial charge on any atom is 0.416 e. The maximum absolute atomic E-state index is 12.9. The Morgan fingerprint density at radius 3 is 2.17 bits per heavy atom. The van der Waals surface area contributed by atoms with Crippen LogP contribution in [0.1, 0.15) is 29.2 Å². The molecule has 2 unspecified atom stereocenters. The summed E-state index contributed by atoms with van der Waals surface area (Å²) in [6.45, 7) is 1.03. The van der Waals surface area contributed by atoms with Gasteiger partial charge >= 0.3 is 6.18 Å². The highest BCUT2D eigenvalue weighted by Crippen LogP contribution is 2.32. The Hall–Kier alpha value is -3.54. The Morgan fingerprint density at radius 1 is 0.943 bits per heavy atom. The van der Waals surface area contributed by atoms with Crippen molar-refractivity contribution in [1.29, 1.82) is 5.26 Å². The number of halogens is 3. The molecule has 0 saturated carbocycles. The van der Waals surface area contributed by atoms with E-state index in [-0.39, 0.29) is 12.7 Å². The van der Waals surface area contributed by atoms with Crippen molar-refractivity contribution in [2.75, 3.05) is 26.7 Å². The van der Waals surface area contributed by atoms with E-state index < -0.39 is 17.8 Å². The van der Waals surface area contributed by atoms with Gasteiger partial charge in [-0.25, -0.2) is 0 Å². The standard InChI is InChI=1S/C27H27F3N2O3/c1-32(18-23(33)19-34-24-11-7-20(17-31)8-12-24)16-15-26(21-5-3-2-4-6-21)35-25-13-9-22(10-14-25)27(28,29)30/h2-14,23,26,33H,15-16,18-19H2,1H3. The number of rotatable bonds is 11. The van der Waals surface area contributed by atoms with Gasteiger partial charge in [0, 0.05) is 19.5 Å². The number of nitrogens with zero attached hydrogens (tertiary/aromatic N) is 2. The Morgan fingerprint density at radius 2 is 1.57 bits per heavy atom. The van der Waals surface area contributed by atoms with Crippen LogP contribution in [-0.2, 0) is 6.18 Å². The van der Waals surface area contributed by atoms with Crippen molar-refractivity contribution >= 4 is 0 Å². The Bertz CT molecular complexity index is 1080. The summed E-state index contributed by atoms with van der Waals surface area (Å²) < 4.78 is 50.2. The van der Waals surface area contributed by atoms with Crippen LogP contribution in [-0.4, -0.2) is 42.9 Å². The zero-order valence-electron chi connectivity index (χ0n) is 19.3. The molecular weight excluding hydrogens is 457 g/mol. The van der Waals surface area contributed by atoms with Gasteiger partial charge in [-0.05, 0) is 61.1 Å². The lowest BCUT2D eigenvalue weighted by Crippen LogP contribution is -2.34. The molecule has 0 spiro atoms. The molecule has 0 bridgehead atoms. The molecule has 0 amide bonds. The average Bonchev–Trinajstić information content (AvgIpc) is 2.86. The molecule has 3 aromatic rings. The lowest BCUT2D eigenvalue weighted by Gasteiger charge is -2.25. The van der Waals surface area contributed by atoms with E-state index in [0.29, 0.717) is 36.6 Å². The van der Waals surface area contributed by atoms with Gasteiger partial charge in [-0.1, -0.05) is 30.3 Å². The topological polar surface area (TPSA) is 65.7 Å². The first kappa shape index (κ1) is 26.1. The van der Waals surface area contributed by atoms with Crippen molar-refractivity contribution in [1.82, 2.24) is 4.90 Å². The second kappa shape index (κ2) is 12.2. The van der Waals surface area contributed by atoms with E-state index in [0.717, 1.165) is 17.7 Å². The first-order valence-electron chi connectivity index (χ1n) is 11.1. The number of ether oxygens (including phenoxy) is 2. The molecule has 0 aliphatic rings. The van der Waals surface area contributed by atoms with Gasteiger partial charge in [0.2, 0.25) is 0 Å². The lowest BCUT2D eigenvalue weighted by molar-refractivity contribution is -0.137. The zero-order chi connectivity index (χ0) is 25.3. The summed E-state index contributed by atoms with van der Waals surface area (Å²) in [5.41, 5.74) is 0.715. The van der Waals surface area contributed by atoms with E-state index in [4.69, 9.17) is 14.7 Å². The molecule has 5 nitrogen and oxygen atoms in total.